The zero-order chi connectivity index (χ0) is 14.9. The highest BCUT2D eigenvalue weighted by Crippen LogP contribution is 2.28. The monoisotopic (exact) mass is 319 g/mol. The van der Waals surface area contributed by atoms with E-state index in [0.29, 0.717) is 47.7 Å². The standard InChI is InChI=1S/C13H22ClN3O2S/c1-10-5-8-16(9-10)20(18,19)13-11(2)15-17(12(13)3)7-4-6-14/h10H,4-9H2,1-3H3. The van der Waals surface area contributed by atoms with Crippen LogP contribution in [0.5, 0.6) is 0 Å². The second-order valence-electron chi connectivity index (χ2n) is 5.52. The molecule has 0 bridgehead atoms. The second kappa shape index (κ2) is 6.03. The number of aromatic nitrogens is 2. The van der Waals surface area contributed by atoms with E-state index in [1.807, 2.05) is 6.92 Å². The molecule has 1 atom stereocenters. The van der Waals surface area contributed by atoms with Gasteiger partial charge in [0.15, 0.2) is 0 Å². The van der Waals surface area contributed by atoms with Crippen LogP contribution in [0.25, 0.3) is 0 Å². The normalized spacial score (nSPS) is 20.7. The highest BCUT2D eigenvalue weighted by molar-refractivity contribution is 7.89. The first kappa shape index (κ1) is 15.8. The molecule has 1 aliphatic heterocycles. The van der Waals surface area contributed by atoms with Crippen molar-refractivity contribution < 1.29 is 8.42 Å². The predicted octanol–water partition coefficient (Wildman–Crippen LogP) is 2.16. The van der Waals surface area contributed by atoms with Crippen molar-refractivity contribution >= 4 is 21.6 Å². The summed E-state index contributed by atoms with van der Waals surface area (Å²) >= 11 is 5.69. The van der Waals surface area contributed by atoms with Gasteiger partial charge in [0.1, 0.15) is 4.90 Å². The molecule has 1 saturated heterocycles. The second-order valence-corrected chi connectivity index (χ2v) is 7.78. The summed E-state index contributed by atoms with van der Waals surface area (Å²) in [6, 6.07) is 0. The van der Waals surface area contributed by atoms with Gasteiger partial charge in [0, 0.05) is 25.5 Å². The van der Waals surface area contributed by atoms with E-state index in [2.05, 4.69) is 12.0 Å². The number of hydrogen-bond donors (Lipinski definition) is 0. The molecule has 20 heavy (non-hydrogen) atoms. The fraction of sp³-hybridized carbons (Fsp3) is 0.769. The Balaban J connectivity index is 2.34. The lowest BCUT2D eigenvalue weighted by molar-refractivity contribution is 0.463. The van der Waals surface area contributed by atoms with Gasteiger partial charge in [-0.15, -0.1) is 11.6 Å². The fourth-order valence-corrected chi connectivity index (χ4v) is 4.79. The zero-order valence-corrected chi connectivity index (χ0v) is 13.8. The first-order chi connectivity index (χ1) is 9.37. The Morgan fingerprint density at radius 3 is 2.65 bits per heavy atom. The van der Waals surface area contributed by atoms with Gasteiger partial charge in [-0.2, -0.15) is 9.40 Å². The maximum Gasteiger partial charge on any atom is 0.246 e. The number of halogens is 1. The molecule has 0 spiro atoms. The molecule has 1 aliphatic rings. The van der Waals surface area contributed by atoms with E-state index >= 15 is 0 Å². The SMILES string of the molecule is Cc1nn(CCCCl)c(C)c1S(=O)(=O)N1CCC(C)C1. The quantitative estimate of drug-likeness (QED) is 0.781. The Morgan fingerprint density at radius 1 is 1.40 bits per heavy atom. The summed E-state index contributed by atoms with van der Waals surface area (Å²) in [5.41, 5.74) is 1.30. The molecule has 0 N–H and O–H groups in total. The molecule has 7 heteroatoms. The van der Waals surface area contributed by atoms with Gasteiger partial charge in [0.2, 0.25) is 10.0 Å². The lowest BCUT2D eigenvalue weighted by Gasteiger charge is -2.16. The van der Waals surface area contributed by atoms with Gasteiger partial charge in [-0.05, 0) is 32.6 Å². The summed E-state index contributed by atoms with van der Waals surface area (Å²) in [6.07, 6.45) is 1.71. The maximum atomic E-state index is 12.8. The molecular weight excluding hydrogens is 298 g/mol. The third-order valence-corrected chi connectivity index (χ3v) is 6.19. The number of rotatable bonds is 5. The minimum atomic E-state index is -3.42. The van der Waals surface area contributed by atoms with Crippen molar-refractivity contribution in [2.24, 2.45) is 5.92 Å². The molecule has 0 aliphatic carbocycles. The van der Waals surface area contributed by atoms with Crippen molar-refractivity contribution in [2.75, 3.05) is 19.0 Å². The number of hydrogen-bond acceptors (Lipinski definition) is 3. The molecule has 1 fully saturated rings. The summed E-state index contributed by atoms with van der Waals surface area (Å²) in [5, 5.41) is 4.36. The topological polar surface area (TPSA) is 55.2 Å². The van der Waals surface area contributed by atoms with Crippen LogP contribution in [0.2, 0.25) is 0 Å². The van der Waals surface area contributed by atoms with Crippen molar-refractivity contribution in [3.63, 3.8) is 0 Å². The first-order valence-electron chi connectivity index (χ1n) is 6.98. The lowest BCUT2D eigenvalue weighted by Crippen LogP contribution is -2.29. The molecule has 114 valence electrons. The number of aryl methyl sites for hydroxylation is 2. The maximum absolute atomic E-state index is 12.8. The molecule has 0 amide bonds. The molecular formula is C13H22ClN3O2S. The van der Waals surface area contributed by atoms with E-state index in [1.165, 1.54) is 0 Å². The number of alkyl halides is 1. The van der Waals surface area contributed by atoms with Crippen LogP contribution in [0.1, 0.15) is 31.2 Å². The minimum absolute atomic E-state index is 0.376. The van der Waals surface area contributed by atoms with Crippen molar-refractivity contribution in [3.8, 4) is 0 Å². The van der Waals surface area contributed by atoms with Gasteiger partial charge in [0.05, 0.1) is 11.4 Å². The Hall–Kier alpha value is -0.590. The smallest absolute Gasteiger partial charge is 0.246 e. The number of nitrogens with zero attached hydrogens (tertiary/aromatic N) is 3. The van der Waals surface area contributed by atoms with Crippen LogP contribution in [0.4, 0.5) is 0 Å². The van der Waals surface area contributed by atoms with Crippen molar-refractivity contribution in [3.05, 3.63) is 11.4 Å². The van der Waals surface area contributed by atoms with Crippen LogP contribution in [-0.4, -0.2) is 41.5 Å². The molecule has 1 aromatic rings. The minimum Gasteiger partial charge on any atom is -0.268 e. The van der Waals surface area contributed by atoms with E-state index in [1.54, 1.807) is 15.9 Å². The summed E-state index contributed by atoms with van der Waals surface area (Å²) in [7, 11) is -3.42. The van der Waals surface area contributed by atoms with Crippen LogP contribution in [0, 0.1) is 19.8 Å². The summed E-state index contributed by atoms with van der Waals surface area (Å²) in [5.74, 6) is 0.973. The van der Waals surface area contributed by atoms with Crippen LogP contribution in [0.3, 0.4) is 0 Å². The van der Waals surface area contributed by atoms with Gasteiger partial charge in [-0.1, -0.05) is 6.92 Å². The molecule has 0 saturated carbocycles. The lowest BCUT2D eigenvalue weighted by atomic mass is 10.2. The van der Waals surface area contributed by atoms with Gasteiger partial charge < -0.3 is 0 Å². The molecule has 5 nitrogen and oxygen atoms in total. The van der Waals surface area contributed by atoms with Crippen molar-refractivity contribution in [1.29, 1.82) is 0 Å². The van der Waals surface area contributed by atoms with E-state index in [0.717, 1.165) is 12.8 Å². The molecule has 0 radical (unpaired) electrons. The van der Waals surface area contributed by atoms with Crippen LogP contribution in [0.15, 0.2) is 4.90 Å². The Kier molecular flexibility index (Phi) is 4.76. The largest absolute Gasteiger partial charge is 0.268 e. The van der Waals surface area contributed by atoms with Gasteiger partial charge in [0.25, 0.3) is 0 Å². The fourth-order valence-electron chi connectivity index (χ4n) is 2.72. The third-order valence-electron chi connectivity index (χ3n) is 3.80. The molecule has 2 heterocycles. The third kappa shape index (κ3) is 2.87. The Bertz CT molecular complexity index is 583. The first-order valence-corrected chi connectivity index (χ1v) is 8.95. The number of sulfonamides is 1. The van der Waals surface area contributed by atoms with Gasteiger partial charge in [-0.3, -0.25) is 4.68 Å². The summed E-state index contributed by atoms with van der Waals surface area (Å²) < 4.78 is 28.8. The summed E-state index contributed by atoms with van der Waals surface area (Å²) in [6.45, 7) is 7.53. The van der Waals surface area contributed by atoms with Gasteiger partial charge >= 0.3 is 0 Å². The van der Waals surface area contributed by atoms with E-state index in [-0.39, 0.29) is 0 Å². The highest BCUT2D eigenvalue weighted by atomic mass is 35.5. The molecule has 2 rings (SSSR count). The van der Waals surface area contributed by atoms with Crippen LogP contribution in [-0.2, 0) is 16.6 Å². The zero-order valence-electron chi connectivity index (χ0n) is 12.3. The van der Waals surface area contributed by atoms with Gasteiger partial charge in [-0.25, -0.2) is 8.42 Å². The highest BCUT2D eigenvalue weighted by Gasteiger charge is 2.34. The Labute approximate surface area is 126 Å². The summed E-state index contributed by atoms with van der Waals surface area (Å²) in [4.78, 5) is 0.376. The predicted molar refractivity (Wildman–Crippen MR) is 79.6 cm³/mol. The average Bonchev–Trinajstić information content (AvgIpc) is 2.92. The van der Waals surface area contributed by atoms with Crippen molar-refractivity contribution in [2.45, 2.75) is 45.1 Å². The Morgan fingerprint density at radius 2 is 2.10 bits per heavy atom. The van der Waals surface area contributed by atoms with E-state index in [4.69, 9.17) is 11.6 Å². The van der Waals surface area contributed by atoms with E-state index in [9.17, 15) is 8.42 Å². The van der Waals surface area contributed by atoms with Crippen molar-refractivity contribution in [1.82, 2.24) is 14.1 Å². The van der Waals surface area contributed by atoms with Crippen LogP contribution >= 0.6 is 11.6 Å². The van der Waals surface area contributed by atoms with Crippen LogP contribution < -0.4 is 0 Å². The molecule has 1 aromatic heterocycles. The van der Waals surface area contributed by atoms with E-state index < -0.39 is 10.0 Å². The molecule has 0 aromatic carbocycles. The average molecular weight is 320 g/mol. The molecule has 1 unspecified atom stereocenters.